The minimum absolute atomic E-state index is 0.0133. The molecule has 35 heavy (non-hydrogen) atoms. The Hall–Kier alpha value is -2.23. The maximum Gasteiger partial charge on any atom is 0.273 e. The van der Waals surface area contributed by atoms with Crippen molar-refractivity contribution >= 4 is 67.0 Å². The molecule has 10 heteroatoms. The van der Waals surface area contributed by atoms with Crippen LogP contribution in [0.15, 0.2) is 48.5 Å². The SMILES string of the molecule is COc1ccc(C(=O)CN(C(=O)c2ccc(Cl)cc2)N2C(=O)[C@@H]3[C@H]4C[C@@H]([C@H](Br)[C@@H]4Br)[C@@H]3C2=O)cc1. The number of amides is 3. The van der Waals surface area contributed by atoms with Gasteiger partial charge in [0, 0.05) is 25.8 Å². The number of hydrogen-bond acceptors (Lipinski definition) is 5. The molecule has 1 aliphatic heterocycles. The van der Waals surface area contributed by atoms with E-state index in [2.05, 4.69) is 31.9 Å². The lowest BCUT2D eigenvalue weighted by Gasteiger charge is -2.31. The number of Topliss-reactive ketones (excluding diaryl/α,β-unsaturated/α-hetero) is 1. The van der Waals surface area contributed by atoms with Crippen LogP contribution in [0.4, 0.5) is 0 Å². The Morgan fingerprint density at radius 3 is 1.97 bits per heavy atom. The Labute approximate surface area is 224 Å². The summed E-state index contributed by atoms with van der Waals surface area (Å²) >= 11 is 13.3. The highest BCUT2D eigenvalue weighted by atomic mass is 79.9. The fraction of sp³-hybridized carbons (Fsp3) is 0.360. The van der Waals surface area contributed by atoms with Crippen LogP contribution in [0.5, 0.6) is 5.75 Å². The average Bonchev–Trinajstić information content (AvgIpc) is 3.47. The number of rotatable bonds is 6. The van der Waals surface area contributed by atoms with E-state index in [1.165, 1.54) is 19.2 Å². The molecule has 0 spiro atoms. The number of carbonyl (C=O) groups is 4. The maximum atomic E-state index is 13.6. The molecular formula is C25H21Br2ClN2O5. The summed E-state index contributed by atoms with van der Waals surface area (Å²) in [5.41, 5.74) is 0.550. The number of halogens is 3. The third-order valence-corrected chi connectivity index (χ3v) is 10.7. The second-order valence-electron chi connectivity index (χ2n) is 9.01. The molecule has 0 radical (unpaired) electrons. The number of fused-ring (bicyclic) bond motifs is 5. The zero-order valence-electron chi connectivity index (χ0n) is 18.6. The van der Waals surface area contributed by atoms with Crippen molar-refractivity contribution < 1.29 is 23.9 Å². The van der Waals surface area contributed by atoms with Gasteiger partial charge in [0.25, 0.3) is 17.7 Å². The number of ether oxygens (including phenoxy) is 1. The average molecular weight is 625 g/mol. The molecule has 2 saturated carbocycles. The fourth-order valence-corrected chi connectivity index (χ4v) is 7.55. The van der Waals surface area contributed by atoms with E-state index in [-0.39, 0.29) is 27.1 Å². The van der Waals surface area contributed by atoms with E-state index in [0.29, 0.717) is 16.3 Å². The molecule has 1 saturated heterocycles. The molecular weight excluding hydrogens is 604 g/mol. The Morgan fingerprint density at radius 2 is 1.46 bits per heavy atom. The van der Waals surface area contributed by atoms with Gasteiger partial charge in [0.15, 0.2) is 5.78 Å². The zero-order valence-corrected chi connectivity index (χ0v) is 22.5. The Morgan fingerprint density at radius 1 is 0.943 bits per heavy atom. The van der Waals surface area contributed by atoms with Gasteiger partial charge in [0.2, 0.25) is 0 Å². The molecule has 0 N–H and O–H groups in total. The van der Waals surface area contributed by atoms with E-state index >= 15 is 0 Å². The predicted molar refractivity (Wildman–Crippen MR) is 136 cm³/mol. The molecule has 2 bridgehead atoms. The van der Waals surface area contributed by atoms with Crippen molar-refractivity contribution in [2.45, 2.75) is 16.1 Å². The summed E-state index contributed by atoms with van der Waals surface area (Å²) in [6, 6.07) is 12.6. The zero-order chi connectivity index (χ0) is 25.0. The van der Waals surface area contributed by atoms with Crippen LogP contribution in [-0.2, 0) is 9.59 Å². The standard InChI is InChI=1S/C25H21Br2ClN2O5/c1-35-15-8-4-12(5-9-15)18(31)11-29(23(32)13-2-6-14(28)7-3-13)30-24(33)19-16-10-17(20(19)25(30)34)22(27)21(16)26/h2-9,16-17,19-22H,10-11H2,1H3/t16-,17-,19-,20+,21-,22+/m1/s1. The monoisotopic (exact) mass is 622 g/mol. The first-order valence-electron chi connectivity index (χ1n) is 11.1. The summed E-state index contributed by atoms with van der Waals surface area (Å²) < 4.78 is 5.14. The number of hydrogen-bond donors (Lipinski definition) is 0. The van der Waals surface area contributed by atoms with Crippen molar-refractivity contribution in [3.05, 3.63) is 64.7 Å². The largest absolute Gasteiger partial charge is 0.497 e. The van der Waals surface area contributed by atoms with E-state index in [1.54, 1.807) is 36.4 Å². The number of nitrogens with zero attached hydrogens (tertiary/aromatic N) is 2. The third-order valence-electron chi connectivity index (χ3n) is 7.24. The van der Waals surface area contributed by atoms with Gasteiger partial charge in [-0.15, -0.1) is 0 Å². The van der Waals surface area contributed by atoms with E-state index in [0.717, 1.165) is 16.4 Å². The summed E-state index contributed by atoms with van der Waals surface area (Å²) in [5, 5.41) is 2.34. The molecule has 2 aliphatic carbocycles. The van der Waals surface area contributed by atoms with Crippen LogP contribution in [0.1, 0.15) is 27.1 Å². The number of hydrazine groups is 1. The van der Waals surface area contributed by atoms with Gasteiger partial charge in [0.1, 0.15) is 12.3 Å². The highest BCUT2D eigenvalue weighted by molar-refractivity contribution is 9.12. The molecule has 6 atom stereocenters. The van der Waals surface area contributed by atoms with Crippen LogP contribution in [0.2, 0.25) is 5.02 Å². The summed E-state index contributed by atoms with van der Waals surface area (Å²) in [7, 11) is 1.52. The van der Waals surface area contributed by atoms with E-state index in [9.17, 15) is 19.2 Å². The van der Waals surface area contributed by atoms with Crippen LogP contribution in [-0.4, -0.2) is 56.8 Å². The lowest BCUT2D eigenvalue weighted by atomic mass is 9.81. The molecule has 2 aromatic carbocycles. The molecule has 3 aliphatic rings. The number of imide groups is 1. The van der Waals surface area contributed by atoms with Gasteiger partial charge in [-0.1, -0.05) is 43.5 Å². The summed E-state index contributed by atoms with van der Waals surface area (Å²) in [6.45, 7) is -0.463. The van der Waals surface area contributed by atoms with Gasteiger partial charge < -0.3 is 4.74 Å². The van der Waals surface area contributed by atoms with Crippen molar-refractivity contribution in [1.82, 2.24) is 10.0 Å². The third kappa shape index (κ3) is 4.01. The van der Waals surface area contributed by atoms with Crippen LogP contribution in [0.25, 0.3) is 0 Å². The van der Waals surface area contributed by atoms with Crippen molar-refractivity contribution in [3.8, 4) is 5.75 Å². The number of carbonyl (C=O) groups excluding carboxylic acids is 4. The number of benzene rings is 2. The lowest BCUT2D eigenvalue weighted by Crippen LogP contribution is -2.52. The quantitative estimate of drug-likeness (QED) is 0.271. The molecule has 182 valence electrons. The van der Waals surface area contributed by atoms with Crippen molar-refractivity contribution in [2.24, 2.45) is 23.7 Å². The van der Waals surface area contributed by atoms with Crippen LogP contribution in [0, 0.1) is 23.7 Å². The highest BCUT2D eigenvalue weighted by Gasteiger charge is 2.67. The number of methoxy groups -OCH3 is 1. The summed E-state index contributed by atoms with van der Waals surface area (Å²) in [6.07, 6.45) is 0.766. The normalized spacial score (nSPS) is 28.9. The van der Waals surface area contributed by atoms with Crippen LogP contribution in [0.3, 0.4) is 0 Å². The van der Waals surface area contributed by atoms with E-state index < -0.39 is 41.9 Å². The smallest absolute Gasteiger partial charge is 0.273 e. The molecule has 5 rings (SSSR count). The predicted octanol–water partition coefficient (Wildman–Crippen LogP) is 4.37. The molecule has 1 heterocycles. The van der Waals surface area contributed by atoms with Gasteiger partial charge in [-0.05, 0) is 66.8 Å². The lowest BCUT2D eigenvalue weighted by molar-refractivity contribution is -0.154. The van der Waals surface area contributed by atoms with Gasteiger partial charge in [-0.3, -0.25) is 19.2 Å². The Kier molecular flexibility index (Phi) is 6.52. The van der Waals surface area contributed by atoms with Crippen molar-refractivity contribution in [1.29, 1.82) is 0 Å². The second kappa shape index (κ2) is 9.33. The number of ketones is 1. The maximum absolute atomic E-state index is 13.6. The van der Waals surface area contributed by atoms with Crippen molar-refractivity contribution in [2.75, 3.05) is 13.7 Å². The Balaban J connectivity index is 1.49. The topological polar surface area (TPSA) is 84.0 Å². The van der Waals surface area contributed by atoms with E-state index in [4.69, 9.17) is 16.3 Å². The molecule has 0 aromatic heterocycles. The molecule has 7 nitrogen and oxygen atoms in total. The number of alkyl halides is 2. The summed E-state index contributed by atoms with van der Waals surface area (Å²) in [5.74, 6) is -2.36. The van der Waals surface area contributed by atoms with Crippen LogP contribution < -0.4 is 4.74 Å². The second-order valence-corrected chi connectivity index (χ2v) is 11.6. The van der Waals surface area contributed by atoms with Gasteiger partial charge in [-0.2, -0.15) is 5.01 Å². The first-order valence-corrected chi connectivity index (χ1v) is 13.3. The molecule has 0 unspecified atom stereocenters. The fourth-order valence-electron chi connectivity index (χ4n) is 5.55. The molecule has 3 fully saturated rings. The van der Waals surface area contributed by atoms with Crippen LogP contribution >= 0.6 is 43.5 Å². The highest BCUT2D eigenvalue weighted by Crippen LogP contribution is 2.60. The molecule has 2 aromatic rings. The summed E-state index contributed by atoms with van der Waals surface area (Å²) in [4.78, 5) is 54.1. The molecule has 3 amide bonds. The van der Waals surface area contributed by atoms with Crippen molar-refractivity contribution in [3.63, 3.8) is 0 Å². The van der Waals surface area contributed by atoms with Gasteiger partial charge >= 0.3 is 0 Å². The van der Waals surface area contributed by atoms with E-state index in [1.807, 2.05) is 0 Å². The minimum atomic E-state index is -0.622. The minimum Gasteiger partial charge on any atom is -0.497 e. The first-order chi connectivity index (χ1) is 16.7. The Bertz CT molecular complexity index is 1170. The van der Waals surface area contributed by atoms with Gasteiger partial charge in [0.05, 0.1) is 18.9 Å². The van der Waals surface area contributed by atoms with Gasteiger partial charge in [-0.25, -0.2) is 5.01 Å². The first kappa shape index (κ1) is 24.5.